The second-order valence-corrected chi connectivity index (χ2v) is 7.13. The van der Waals surface area contributed by atoms with Crippen molar-refractivity contribution in [3.05, 3.63) is 35.9 Å². The summed E-state index contributed by atoms with van der Waals surface area (Å²) in [5.41, 5.74) is 0.770. The van der Waals surface area contributed by atoms with Gasteiger partial charge in [0.15, 0.2) is 5.78 Å². The van der Waals surface area contributed by atoms with Crippen LogP contribution in [0.2, 0.25) is 0 Å². The molecule has 0 amide bonds. The first-order valence-corrected chi connectivity index (χ1v) is 8.52. The smallest absolute Gasteiger partial charge is 0.175 e. The first-order chi connectivity index (χ1) is 9.68. The molecule has 2 nitrogen and oxygen atoms in total. The zero-order valence-electron chi connectivity index (χ0n) is 11.9. The third kappa shape index (κ3) is 4.32. The summed E-state index contributed by atoms with van der Waals surface area (Å²) >= 11 is 7.04. The van der Waals surface area contributed by atoms with E-state index in [4.69, 9.17) is 12.2 Å². The summed E-state index contributed by atoms with van der Waals surface area (Å²) < 4.78 is 0.878. The molecule has 1 fully saturated rings. The fourth-order valence-electron chi connectivity index (χ4n) is 2.37. The molecule has 1 saturated heterocycles. The molecule has 1 aromatic carbocycles. The van der Waals surface area contributed by atoms with Crippen molar-refractivity contribution in [2.75, 3.05) is 13.1 Å². The lowest BCUT2D eigenvalue weighted by atomic mass is 10.1. The van der Waals surface area contributed by atoms with Gasteiger partial charge in [-0.25, -0.2) is 0 Å². The van der Waals surface area contributed by atoms with Crippen LogP contribution in [0, 0.1) is 0 Å². The van der Waals surface area contributed by atoms with Gasteiger partial charge in [-0.05, 0) is 19.8 Å². The lowest BCUT2D eigenvalue weighted by Crippen LogP contribution is -2.30. The van der Waals surface area contributed by atoms with Crippen LogP contribution >= 0.6 is 24.0 Å². The Kier molecular flexibility index (Phi) is 6.05. The highest BCUT2D eigenvalue weighted by atomic mass is 32.2. The van der Waals surface area contributed by atoms with Gasteiger partial charge < -0.3 is 4.90 Å². The molecule has 4 heteroatoms. The number of hydrogen-bond donors (Lipinski definition) is 0. The summed E-state index contributed by atoms with van der Waals surface area (Å²) in [6, 6.07) is 9.47. The fourth-order valence-corrected chi connectivity index (χ4v) is 3.86. The third-order valence-corrected chi connectivity index (χ3v) is 5.14. The highest BCUT2D eigenvalue weighted by Gasteiger charge is 2.20. The van der Waals surface area contributed by atoms with Gasteiger partial charge in [-0.15, -0.1) is 0 Å². The van der Waals surface area contributed by atoms with Gasteiger partial charge >= 0.3 is 0 Å². The van der Waals surface area contributed by atoms with E-state index < -0.39 is 0 Å². The van der Waals surface area contributed by atoms with E-state index in [2.05, 4.69) is 4.90 Å². The molecule has 1 aromatic rings. The Bertz CT molecular complexity index is 453. The number of likely N-dealkylation sites (tertiary alicyclic amines) is 1. The summed E-state index contributed by atoms with van der Waals surface area (Å²) in [7, 11) is 0. The van der Waals surface area contributed by atoms with Gasteiger partial charge in [0.05, 0.1) is 5.25 Å². The average molecular weight is 307 g/mol. The summed E-state index contributed by atoms with van der Waals surface area (Å²) in [6.45, 7) is 4.03. The van der Waals surface area contributed by atoms with Crippen LogP contribution in [0.15, 0.2) is 30.3 Å². The Morgan fingerprint density at radius 2 is 1.75 bits per heavy atom. The molecule has 0 aromatic heterocycles. The molecule has 0 aliphatic carbocycles. The van der Waals surface area contributed by atoms with E-state index in [0.29, 0.717) is 0 Å². The molecule has 0 saturated carbocycles. The molecule has 1 atom stereocenters. The number of thiocarbonyl (C=S) groups is 1. The van der Waals surface area contributed by atoms with Crippen molar-refractivity contribution in [3.8, 4) is 0 Å². The predicted octanol–water partition coefficient (Wildman–Crippen LogP) is 4.15. The van der Waals surface area contributed by atoms with Gasteiger partial charge in [-0.3, -0.25) is 4.79 Å². The minimum absolute atomic E-state index is 0.117. The van der Waals surface area contributed by atoms with Crippen molar-refractivity contribution in [2.24, 2.45) is 0 Å². The number of nitrogens with zero attached hydrogens (tertiary/aromatic N) is 1. The zero-order valence-corrected chi connectivity index (χ0v) is 13.5. The molecule has 0 N–H and O–H groups in total. The summed E-state index contributed by atoms with van der Waals surface area (Å²) in [4.78, 5) is 14.6. The van der Waals surface area contributed by atoms with Crippen molar-refractivity contribution in [1.29, 1.82) is 0 Å². The number of benzene rings is 1. The third-order valence-electron chi connectivity index (χ3n) is 3.57. The number of thioether (sulfide) groups is 1. The molecule has 1 aliphatic rings. The Morgan fingerprint density at radius 1 is 1.15 bits per heavy atom. The topological polar surface area (TPSA) is 20.3 Å². The highest BCUT2D eigenvalue weighted by Crippen LogP contribution is 2.22. The van der Waals surface area contributed by atoms with Crippen molar-refractivity contribution in [3.63, 3.8) is 0 Å². The lowest BCUT2D eigenvalue weighted by Gasteiger charge is -2.24. The van der Waals surface area contributed by atoms with Gasteiger partial charge in [0.1, 0.15) is 4.32 Å². The summed E-state index contributed by atoms with van der Waals surface area (Å²) in [5.74, 6) is 0.160. The Hall–Kier alpha value is -0.870. The molecule has 0 spiro atoms. The van der Waals surface area contributed by atoms with Crippen LogP contribution in [-0.2, 0) is 0 Å². The van der Waals surface area contributed by atoms with E-state index >= 15 is 0 Å². The number of Topliss-reactive ketones (excluding diaryl/α,β-unsaturated/α-hetero) is 1. The monoisotopic (exact) mass is 307 g/mol. The van der Waals surface area contributed by atoms with E-state index in [-0.39, 0.29) is 11.0 Å². The van der Waals surface area contributed by atoms with E-state index in [9.17, 15) is 4.79 Å². The van der Waals surface area contributed by atoms with Gasteiger partial charge in [0.25, 0.3) is 0 Å². The minimum atomic E-state index is -0.117. The summed E-state index contributed by atoms with van der Waals surface area (Å²) in [5, 5.41) is -0.117. The standard InChI is InChI=1S/C16H21NOS2/c1-13(15(18)14-9-5-4-6-10-14)20-16(19)17-11-7-2-3-8-12-17/h4-6,9-10,13H,2-3,7-8,11-12H2,1H3. The van der Waals surface area contributed by atoms with E-state index in [0.717, 1.165) is 23.0 Å². The fraction of sp³-hybridized carbons (Fsp3) is 0.500. The van der Waals surface area contributed by atoms with Gasteiger partial charge in [-0.1, -0.05) is 67.2 Å². The second kappa shape index (κ2) is 7.79. The van der Waals surface area contributed by atoms with Crippen molar-refractivity contribution < 1.29 is 4.79 Å². The first kappa shape index (κ1) is 15.5. The number of ketones is 1. The van der Waals surface area contributed by atoms with Crippen LogP contribution < -0.4 is 0 Å². The SMILES string of the molecule is CC(SC(=S)N1CCCCCC1)C(=O)c1ccccc1. The van der Waals surface area contributed by atoms with Gasteiger partial charge in [0, 0.05) is 18.7 Å². The zero-order chi connectivity index (χ0) is 14.4. The molecule has 1 aliphatic heterocycles. The maximum Gasteiger partial charge on any atom is 0.175 e. The van der Waals surface area contributed by atoms with Gasteiger partial charge in [-0.2, -0.15) is 0 Å². The normalized spacial score (nSPS) is 17.4. The quantitative estimate of drug-likeness (QED) is 0.617. The first-order valence-electron chi connectivity index (χ1n) is 7.23. The average Bonchev–Trinajstić information content (AvgIpc) is 2.76. The number of carbonyl (C=O) groups excluding carboxylic acids is 1. The molecule has 20 heavy (non-hydrogen) atoms. The van der Waals surface area contributed by atoms with Gasteiger partial charge in [0.2, 0.25) is 0 Å². The number of carbonyl (C=O) groups is 1. The molecule has 108 valence electrons. The summed E-state index contributed by atoms with van der Waals surface area (Å²) in [6.07, 6.45) is 5.01. The molecule has 1 heterocycles. The van der Waals surface area contributed by atoms with Crippen LogP contribution in [0.1, 0.15) is 43.0 Å². The van der Waals surface area contributed by atoms with Crippen molar-refractivity contribution in [2.45, 2.75) is 37.9 Å². The molecule has 2 rings (SSSR count). The van der Waals surface area contributed by atoms with Crippen molar-refractivity contribution >= 4 is 34.1 Å². The number of rotatable bonds is 3. The maximum absolute atomic E-state index is 12.3. The van der Waals surface area contributed by atoms with Crippen LogP contribution in [-0.4, -0.2) is 33.3 Å². The molecule has 1 unspecified atom stereocenters. The predicted molar refractivity (Wildman–Crippen MR) is 90.5 cm³/mol. The largest absolute Gasteiger partial charge is 0.358 e. The Labute approximate surface area is 130 Å². The van der Waals surface area contributed by atoms with Crippen LogP contribution in [0.3, 0.4) is 0 Å². The van der Waals surface area contributed by atoms with E-state index in [1.54, 1.807) is 0 Å². The Balaban J connectivity index is 1.91. The van der Waals surface area contributed by atoms with E-state index in [1.165, 1.54) is 37.4 Å². The van der Waals surface area contributed by atoms with E-state index in [1.807, 2.05) is 37.3 Å². The minimum Gasteiger partial charge on any atom is -0.358 e. The van der Waals surface area contributed by atoms with Crippen LogP contribution in [0.25, 0.3) is 0 Å². The second-order valence-electron chi connectivity index (χ2n) is 5.16. The molecular formula is C16H21NOS2. The molecular weight excluding hydrogens is 286 g/mol. The van der Waals surface area contributed by atoms with Crippen LogP contribution in [0.4, 0.5) is 0 Å². The highest BCUT2D eigenvalue weighted by molar-refractivity contribution is 8.23. The van der Waals surface area contributed by atoms with Crippen molar-refractivity contribution in [1.82, 2.24) is 4.90 Å². The number of hydrogen-bond acceptors (Lipinski definition) is 3. The van der Waals surface area contributed by atoms with Crippen LogP contribution in [0.5, 0.6) is 0 Å². The molecule has 0 bridgehead atoms. The molecule has 0 radical (unpaired) electrons. The lowest BCUT2D eigenvalue weighted by molar-refractivity contribution is 0.0994. The maximum atomic E-state index is 12.3. The Morgan fingerprint density at radius 3 is 2.35 bits per heavy atom.